The predicted molar refractivity (Wildman–Crippen MR) is 78.7 cm³/mol. The first kappa shape index (κ1) is 15.4. The van der Waals surface area contributed by atoms with Crippen LogP contribution in [0.5, 0.6) is 0 Å². The van der Waals surface area contributed by atoms with Crippen molar-refractivity contribution in [2.45, 2.75) is 13.8 Å². The zero-order valence-electron chi connectivity index (χ0n) is 11.4. The van der Waals surface area contributed by atoms with Crippen LogP contribution in [0.25, 0.3) is 0 Å². The molecule has 104 valence electrons. The lowest BCUT2D eigenvalue weighted by molar-refractivity contribution is -0.384. The fraction of sp³-hybridized carbons (Fsp3) is 0.133. The number of benzene rings is 2. The summed E-state index contributed by atoms with van der Waals surface area (Å²) in [7, 11) is 0. The van der Waals surface area contributed by atoms with E-state index in [1.807, 2.05) is 13.8 Å². The molecule has 5 heteroatoms. The molecular weight excluding hydrogens is 256 g/mol. The van der Waals surface area contributed by atoms with Crippen LogP contribution in [0.4, 0.5) is 11.4 Å². The summed E-state index contributed by atoms with van der Waals surface area (Å²) in [5, 5.41) is 10.7. The third kappa shape index (κ3) is 3.41. The third-order valence-corrected chi connectivity index (χ3v) is 2.53. The third-order valence-electron chi connectivity index (χ3n) is 2.53. The van der Waals surface area contributed by atoms with E-state index in [0.717, 1.165) is 0 Å². The molecule has 0 amide bonds. The summed E-state index contributed by atoms with van der Waals surface area (Å²) in [4.78, 5) is 22.3. The fourth-order valence-electron chi connectivity index (χ4n) is 1.60. The maximum atomic E-state index is 12.1. The minimum absolute atomic E-state index is 0.149. The van der Waals surface area contributed by atoms with Crippen LogP contribution in [0.1, 0.15) is 29.8 Å². The van der Waals surface area contributed by atoms with Gasteiger partial charge in [0.1, 0.15) is 0 Å². The summed E-state index contributed by atoms with van der Waals surface area (Å²) in [5.41, 5.74) is 6.36. The number of non-ortho nitro benzene ring substituents is 1. The van der Waals surface area contributed by atoms with Crippen molar-refractivity contribution in [3.05, 3.63) is 69.8 Å². The molecule has 0 saturated carbocycles. The first-order valence-electron chi connectivity index (χ1n) is 6.23. The molecule has 0 aliphatic carbocycles. The lowest BCUT2D eigenvalue weighted by atomic mass is 10.0. The van der Waals surface area contributed by atoms with Crippen molar-refractivity contribution < 1.29 is 9.72 Å². The minimum Gasteiger partial charge on any atom is -0.398 e. The summed E-state index contributed by atoms with van der Waals surface area (Å²) < 4.78 is 0. The summed E-state index contributed by atoms with van der Waals surface area (Å²) in [5.74, 6) is -0.322. The van der Waals surface area contributed by atoms with Gasteiger partial charge < -0.3 is 5.73 Å². The van der Waals surface area contributed by atoms with Gasteiger partial charge in [0.2, 0.25) is 0 Å². The van der Waals surface area contributed by atoms with Gasteiger partial charge in [-0.15, -0.1) is 0 Å². The molecule has 2 aromatic rings. The largest absolute Gasteiger partial charge is 0.398 e. The molecule has 20 heavy (non-hydrogen) atoms. The average molecular weight is 272 g/mol. The Hall–Kier alpha value is -2.69. The predicted octanol–water partition coefficient (Wildman–Crippen LogP) is 3.43. The first-order chi connectivity index (χ1) is 9.59. The standard InChI is InChI=1S/C13H10N2O3.C2H6/c14-12-7-6-10(15(17)18)8-11(12)13(16)9-4-2-1-3-5-9;1-2/h1-8H,14H2;1-2H3. The van der Waals surface area contributed by atoms with Crippen molar-refractivity contribution >= 4 is 17.2 Å². The molecule has 0 aliphatic rings. The van der Waals surface area contributed by atoms with Crippen molar-refractivity contribution in [2.75, 3.05) is 5.73 Å². The topological polar surface area (TPSA) is 86.2 Å². The molecule has 0 aliphatic heterocycles. The first-order valence-corrected chi connectivity index (χ1v) is 6.23. The highest BCUT2D eigenvalue weighted by atomic mass is 16.6. The molecule has 2 rings (SSSR count). The number of carbonyl (C=O) groups excluding carboxylic acids is 1. The van der Waals surface area contributed by atoms with E-state index in [1.165, 1.54) is 18.2 Å². The van der Waals surface area contributed by atoms with Gasteiger partial charge >= 0.3 is 0 Å². The van der Waals surface area contributed by atoms with Gasteiger partial charge in [0.05, 0.1) is 10.5 Å². The van der Waals surface area contributed by atoms with Crippen LogP contribution >= 0.6 is 0 Å². The van der Waals surface area contributed by atoms with E-state index in [9.17, 15) is 14.9 Å². The van der Waals surface area contributed by atoms with Crippen LogP contribution in [-0.4, -0.2) is 10.7 Å². The molecule has 0 heterocycles. The average Bonchev–Trinajstić information content (AvgIpc) is 2.49. The van der Waals surface area contributed by atoms with E-state index in [4.69, 9.17) is 5.73 Å². The number of nitro benzene ring substituents is 1. The van der Waals surface area contributed by atoms with Crippen LogP contribution in [0.15, 0.2) is 48.5 Å². The molecule has 0 bridgehead atoms. The minimum atomic E-state index is -0.554. The molecule has 0 spiro atoms. The Kier molecular flexibility index (Phi) is 5.41. The number of hydrogen-bond acceptors (Lipinski definition) is 4. The number of nitro groups is 1. The van der Waals surface area contributed by atoms with Gasteiger partial charge in [0.25, 0.3) is 5.69 Å². The smallest absolute Gasteiger partial charge is 0.270 e. The van der Waals surface area contributed by atoms with E-state index >= 15 is 0 Å². The second kappa shape index (κ2) is 7.04. The summed E-state index contributed by atoms with van der Waals surface area (Å²) in [6, 6.07) is 12.4. The van der Waals surface area contributed by atoms with Crippen molar-refractivity contribution in [1.82, 2.24) is 0 Å². The lowest BCUT2D eigenvalue weighted by Gasteiger charge is -2.04. The van der Waals surface area contributed by atoms with Gasteiger partial charge in [-0.25, -0.2) is 0 Å². The molecule has 5 nitrogen and oxygen atoms in total. The van der Waals surface area contributed by atoms with E-state index in [1.54, 1.807) is 30.3 Å². The van der Waals surface area contributed by atoms with Gasteiger partial charge in [-0.2, -0.15) is 0 Å². The lowest BCUT2D eigenvalue weighted by Crippen LogP contribution is -2.06. The zero-order chi connectivity index (χ0) is 15.1. The van der Waals surface area contributed by atoms with Crippen LogP contribution in [0.3, 0.4) is 0 Å². The van der Waals surface area contributed by atoms with E-state index in [-0.39, 0.29) is 22.7 Å². The van der Waals surface area contributed by atoms with Crippen molar-refractivity contribution in [1.29, 1.82) is 0 Å². The Morgan fingerprint density at radius 3 is 2.25 bits per heavy atom. The van der Waals surface area contributed by atoms with E-state index in [0.29, 0.717) is 5.56 Å². The van der Waals surface area contributed by atoms with Gasteiger partial charge in [-0.05, 0) is 6.07 Å². The number of hydrogen-bond donors (Lipinski definition) is 1. The molecular formula is C15H16N2O3. The molecule has 2 aromatic carbocycles. The second-order valence-corrected chi connectivity index (χ2v) is 3.72. The molecule has 0 atom stereocenters. The Morgan fingerprint density at radius 1 is 1.10 bits per heavy atom. The Morgan fingerprint density at radius 2 is 1.70 bits per heavy atom. The van der Waals surface area contributed by atoms with Gasteiger partial charge in [0, 0.05) is 23.4 Å². The highest BCUT2D eigenvalue weighted by Crippen LogP contribution is 2.22. The van der Waals surface area contributed by atoms with Crippen molar-refractivity contribution in [3.8, 4) is 0 Å². The highest BCUT2D eigenvalue weighted by Gasteiger charge is 2.16. The number of anilines is 1. The maximum Gasteiger partial charge on any atom is 0.270 e. The number of rotatable bonds is 3. The van der Waals surface area contributed by atoms with Gasteiger partial charge in [-0.3, -0.25) is 14.9 Å². The van der Waals surface area contributed by atoms with Crippen molar-refractivity contribution in [2.24, 2.45) is 0 Å². The zero-order valence-corrected chi connectivity index (χ0v) is 11.4. The SMILES string of the molecule is CC.Nc1ccc([N+](=O)[O-])cc1C(=O)c1ccccc1. The Bertz CT molecular complexity index is 610. The van der Waals surface area contributed by atoms with Gasteiger partial charge in [-0.1, -0.05) is 44.2 Å². The Balaban J connectivity index is 0.000000956. The second-order valence-electron chi connectivity index (χ2n) is 3.72. The van der Waals surface area contributed by atoms with E-state index in [2.05, 4.69) is 0 Å². The Labute approximate surface area is 117 Å². The molecule has 0 unspecified atom stereocenters. The summed E-state index contributed by atoms with van der Waals surface area (Å²) in [6.07, 6.45) is 0. The van der Waals surface area contributed by atoms with Gasteiger partial charge in [0.15, 0.2) is 5.78 Å². The quantitative estimate of drug-likeness (QED) is 0.401. The number of nitrogens with two attached hydrogens (primary N) is 1. The van der Waals surface area contributed by atoms with Crippen LogP contribution in [-0.2, 0) is 0 Å². The fourth-order valence-corrected chi connectivity index (χ4v) is 1.60. The molecule has 2 N–H and O–H groups in total. The van der Waals surface area contributed by atoms with Crippen LogP contribution in [0, 0.1) is 10.1 Å². The van der Waals surface area contributed by atoms with Crippen LogP contribution < -0.4 is 5.73 Å². The number of carbonyl (C=O) groups is 1. The number of nitrogen functional groups attached to an aromatic ring is 1. The molecule has 0 saturated heterocycles. The van der Waals surface area contributed by atoms with Crippen LogP contribution in [0.2, 0.25) is 0 Å². The maximum absolute atomic E-state index is 12.1. The summed E-state index contributed by atoms with van der Waals surface area (Å²) >= 11 is 0. The number of nitrogens with zero attached hydrogens (tertiary/aromatic N) is 1. The highest BCUT2D eigenvalue weighted by molar-refractivity contribution is 6.12. The normalized spacial score (nSPS) is 9.30. The molecule has 0 aromatic heterocycles. The van der Waals surface area contributed by atoms with E-state index < -0.39 is 4.92 Å². The molecule has 0 fully saturated rings. The van der Waals surface area contributed by atoms with Crippen molar-refractivity contribution in [3.63, 3.8) is 0 Å². The summed E-state index contributed by atoms with van der Waals surface area (Å²) in [6.45, 7) is 4.00. The monoisotopic (exact) mass is 272 g/mol. The number of ketones is 1. The molecule has 0 radical (unpaired) electrons.